The first-order chi connectivity index (χ1) is 16.2. The molecule has 0 aliphatic carbocycles. The number of nitriles is 1. The number of nitrogens with zero attached hydrogens (tertiary/aromatic N) is 3. The first-order valence-electron chi connectivity index (χ1n) is 10.5. The van der Waals surface area contributed by atoms with Crippen molar-refractivity contribution in [2.75, 3.05) is 11.9 Å². The third-order valence-corrected chi connectivity index (χ3v) is 4.95. The maximum absolute atomic E-state index is 12.8. The van der Waals surface area contributed by atoms with Crippen LogP contribution in [0.2, 0.25) is 0 Å². The van der Waals surface area contributed by atoms with Crippen LogP contribution in [0.5, 0.6) is 0 Å². The maximum Gasteiger partial charge on any atom is 0.258 e. The Morgan fingerprint density at radius 2 is 1.79 bits per heavy atom. The smallest absolute Gasteiger partial charge is 0.258 e. The van der Waals surface area contributed by atoms with Gasteiger partial charge in [-0.25, -0.2) is 4.98 Å². The van der Waals surface area contributed by atoms with Crippen LogP contribution in [0.1, 0.15) is 21.6 Å². The number of hydrogen-bond acceptors (Lipinski definition) is 4. The molecule has 0 aliphatic heterocycles. The Bertz CT molecular complexity index is 1270. The van der Waals surface area contributed by atoms with Gasteiger partial charge in [-0.2, -0.15) is 5.26 Å². The van der Waals surface area contributed by atoms with Gasteiger partial charge in [-0.3, -0.25) is 15.1 Å². The number of benzene rings is 3. The predicted molar refractivity (Wildman–Crippen MR) is 129 cm³/mol. The molecule has 0 radical (unpaired) electrons. The molecule has 0 spiro atoms. The van der Waals surface area contributed by atoms with Gasteiger partial charge in [0, 0.05) is 36.1 Å². The zero-order valence-corrected chi connectivity index (χ0v) is 17.8. The van der Waals surface area contributed by atoms with Crippen molar-refractivity contribution < 1.29 is 4.79 Å². The van der Waals surface area contributed by atoms with Gasteiger partial charge >= 0.3 is 0 Å². The Balaban J connectivity index is 1.50. The second-order valence-corrected chi connectivity index (χ2v) is 7.27. The number of nitrogens with one attached hydrogen (secondary N) is 3. The van der Waals surface area contributed by atoms with Crippen LogP contribution in [0.4, 0.5) is 5.69 Å². The molecule has 7 nitrogen and oxygen atoms in total. The first-order valence-corrected chi connectivity index (χ1v) is 10.5. The van der Waals surface area contributed by atoms with Crippen LogP contribution in [0.25, 0.3) is 11.1 Å². The number of aromatic amines is 1. The summed E-state index contributed by atoms with van der Waals surface area (Å²) in [7, 11) is 0. The Labute approximate surface area is 191 Å². The van der Waals surface area contributed by atoms with Crippen LogP contribution in [-0.2, 0) is 6.42 Å². The van der Waals surface area contributed by atoms with Crippen LogP contribution in [0.3, 0.4) is 0 Å². The van der Waals surface area contributed by atoms with E-state index in [4.69, 9.17) is 5.26 Å². The van der Waals surface area contributed by atoms with Crippen molar-refractivity contribution in [3.8, 4) is 17.2 Å². The lowest BCUT2D eigenvalue weighted by molar-refractivity contribution is 0.0977. The summed E-state index contributed by atoms with van der Waals surface area (Å²) in [6, 6.07) is 26.6. The number of anilines is 1. The van der Waals surface area contributed by atoms with E-state index in [1.165, 1.54) is 0 Å². The van der Waals surface area contributed by atoms with Gasteiger partial charge in [0.2, 0.25) is 5.96 Å². The van der Waals surface area contributed by atoms with Gasteiger partial charge in [0.15, 0.2) is 0 Å². The van der Waals surface area contributed by atoms with Crippen LogP contribution in [0.15, 0.2) is 96.4 Å². The molecule has 0 atom stereocenters. The summed E-state index contributed by atoms with van der Waals surface area (Å²) in [6.45, 7) is 0.450. The van der Waals surface area contributed by atoms with Gasteiger partial charge in [0.25, 0.3) is 5.91 Å². The number of imidazole rings is 1. The summed E-state index contributed by atoms with van der Waals surface area (Å²) < 4.78 is 0. The van der Waals surface area contributed by atoms with Crippen LogP contribution < -0.4 is 10.6 Å². The van der Waals surface area contributed by atoms with Crippen molar-refractivity contribution in [1.29, 1.82) is 5.26 Å². The van der Waals surface area contributed by atoms with E-state index in [9.17, 15) is 4.79 Å². The number of aliphatic imine (C=N–C) groups is 1. The monoisotopic (exact) mass is 434 g/mol. The van der Waals surface area contributed by atoms with Crippen molar-refractivity contribution in [3.63, 3.8) is 0 Å². The van der Waals surface area contributed by atoms with Crippen molar-refractivity contribution in [2.45, 2.75) is 6.42 Å². The molecule has 162 valence electrons. The van der Waals surface area contributed by atoms with Crippen molar-refractivity contribution in [1.82, 2.24) is 15.3 Å². The molecule has 0 fully saturated rings. The Morgan fingerprint density at radius 1 is 1.00 bits per heavy atom. The number of carbonyl (C=O) groups excluding carboxylic acids is 1. The summed E-state index contributed by atoms with van der Waals surface area (Å²) in [5, 5.41) is 15.1. The van der Waals surface area contributed by atoms with Gasteiger partial charge in [0.1, 0.15) is 0 Å². The number of guanidine groups is 1. The molecule has 0 bridgehead atoms. The molecule has 7 heteroatoms. The lowest BCUT2D eigenvalue weighted by atomic mass is 10.1. The van der Waals surface area contributed by atoms with Crippen molar-refractivity contribution in [2.24, 2.45) is 4.99 Å². The fourth-order valence-electron chi connectivity index (χ4n) is 3.24. The zero-order chi connectivity index (χ0) is 22.9. The van der Waals surface area contributed by atoms with Gasteiger partial charge in [-0.1, -0.05) is 48.5 Å². The number of H-pyrrole nitrogens is 1. The number of hydrogen-bond donors (Lipinski definition) is 3. The molecule has 0 unspecified atom stereocenters. The standard InChI is InChI=1S/C26H22N6O/c27-16-19-5-4-8-22(15-19)25(33)32-26(29-14-13-24-17-28-18-30-24)31-23-11-9-21(10-12-23)20-6-2-1-3-7-20/h1-12,15,17-18H,13-14H2,(H,28,30)(H2,29,31,32,33). The highest BCUT2D eigenvalue weighted by Crippen LogP contribution is 2.21. The SMILES string of the molecule is N#Cc1cccc(C(=O)NC(=NCCc2cnc[nH]2)Nc2ccc(-c3ccccc3)cc2)c1. The van der Waals surface area contributed by atoms with Crippen molar-refractivity contribution >= 4 is 17.6 Å². The molecule has 4 rings (SSSR count). The van der Waals surface area contributed by atoms with E-state index in [2.05, 4.69) is 37.7 Å². The van der Waals surface area contributed by atoms with E-state index in [1.807, 2.05) is 48.5 Å². The zero-order valence-electron chi connectivity index (χ0n) is 17.8. The highest BCUT2D eigenvalue weighted by Gasteiger charge is 2.10. The lowest BCUT2D eigenvalue weighted by Crippen LogP contribution is -2.36. The second-order valence-electron chi connectivity index (χ2n) is 7.27. The largest absolute Gasteiger partial charge is 0.348 e. The Hall–Kier alpha value is -4.70. The molecule has 0 aliphatic rings. The summed E-state index contributed by atoms with van der Waals surface area (Å²) in [6.07, 6.45) is 4.02. The van der Waals surface area contributed by atoms with E-state index in [1.54, 1.807) is 36.8 Å². The second kappa shape index (κ2) is 10.6. The average Bonchev–Trinajstić information content (AvgIpc) is 3.38. The lowest BCUT2D eigenvalue weighted by Gasteiger charge is -2.13. The molecular formula is C26H22N6O. The molecule has 1 heterocycles. The molecular weight excluding hydrogens is 412 g/mol. The molecule has 1 amide bonds. The fourth-order valence-corrected chi connectivity index (χ4v) is 3.24. The molecule has 0 saturated heterocycles. The third kappa shape index (κ3) is 5.93. The summed E-state index contributed by atoms with van der Waals surface area (Å²) in [5.74, 6) is -0.0184. The maximum atomic E-state index is 12.8. The number of carbonyl (C=O) groups is 1. The van der Waals surface area contributed by atoms with E-state index in [0.717, 1.165) is 22.5 Å². The topological polar surface area (TPSA) is 106 Å². The quantitative estimate of drug-likeness (QED) is 0.309. The minimum absolute atomic E-state index is 0.328. The molecule has 1 aromatic heterocycles. The van der Waals surface area contributed by atoms with Gasteiger partial charge in [-0.15, -0.1) is 0 Å². The average molecular weight is 435 g/mol. The van der Waals surface area contributed by atoms with E-state index in [0.29, 0.717) is 30.1 Å². The van der Waals surface area contributed by atoms with Gasteiger partial charge < -0.3 is 10.3 Å². The number of rotatable bonds is 6. The Kier molecular flexibility index (Phi) is 6.88. The number of amides is 1. The van der Waals surface area contributed by atoms with Gasteiger partial charge in [-0.05, 0) is 41.5 Å². The van der Waals surface area contributed by atoms with Crippen LogP contribution in [0, 0.1) is 11.3 Å². The van der Waals surface area contributed by atoms with Crippen molar-refractivity contribution in [3.05, 3.63) is 108 Å². The van der Waals surface area contributed by atoms with E-state index >= 15 is 0 Å². The Morgan fingerprint density at radius 3 is 2.52 bits per heavy atom. The van der Waals surface area contributed by atoms with Crippen LogP contribution >= 0.6 is 0 Å². The van der Waals surface area contributed by atoms with Crippen LogP contribution in [-0.4, -0.2) is 28.4 Å². The minimum Gasteiger partial charge on any atom is -0.348 e. The fraction of sp³-hybridized carbons (Fsp3) is 0.0769. The summed E-state index contributed by atoms with van der Waals surface area (Å²) >= 11 is 0. The highest BCUT2D eigenvalue weighted by atomic mass is 16.1. The minimum atomic E-state index is -0.346. The normalized spacial score (nSPS) is 10.9. The third-order valence-electron chi connectivity index (χ3n) is 4.95. The first kappa shape index (κ1) is 21.5. The highest BCUT2D eigenvalue weighted by molar-refractivity contribution is 6.10. The summed E-state index contributed by atoms with van der Waals surface area (Å²) in [5.41, 5.74) is 4.78. The predicted octanol–water partition coefficient (Wildman–Crippen LogP) is 4.39. The molecule has 3 aromatic carbocycles. The molecule has 4 aromatic rings. The van der Waals surface area contributed by atoms with Gasteiger partial charge in [0.05, 0.1) is 18.0 Å². The number of aromatic nitrogens is 2. The van der Waals surface area contributed by atoms with E-state index < -0.39 is 0 Å². The molecule has 33 heavy (non-hydrogen) atoms. The molecule has 0 saturated carbocycles. The molecule has 3 N–H and O–H groups in total. The van der Waals surface area contributed by atoms with E-state index in [-0.39, 0.29) is 5.91 Å². The summed E-state index contributed by atoms with van der Waals surface area (Å²) in [4.78, 5) is 24.4.